The molecule has 2 fully saturated rings. The molecule has 17 heavy (non-hydrogen) atoms. The third-order valence-corrected chi connectivity index (χ3v) is 3.61. The van der Waals surface area contributed by atoms with Crippen LogP contribution in [0.25, 0.3) is 0 Å². The maximum Gasteiger partial charge on any atom is 0.318 e. The van der Waals surface area contributed by atoms with Gasteiger partial charge in [0.25, 0.3) is 0 Å². The minimum absolute atomic E-state index is 0.0764. The highest BCUT2D eigenvalue weighted by atomic mass is 16.2. The van der Waals surface area contributed by atoms with Crippen molar-refractivity contribution in [3.05, 3.63) is 35.9 Å². The second-order valence-electron chi connectivity index (χ2n) is 4.73. The fourth-order valence-electron chi connectivity index (χ4n) is 2.73. The molecule has 0 aromatic heterocycles. The smallest absolute Gasteiger partial charge is 0.318 e. The number of nitrogens with one attached hydrogen (secondary N) is 2. The number of carbonyl (C=O) groups excluding carboxylic acids is 1. The monoisotopic (exact) mass is 231 g/mol. The summed E-state index contributed by atoms with van der Waals surface area (Å²) in [6.07, 6.45) is 1.04. The van der Waals surface area contributed by atoms with E-state index >= 15 is 0 Å². The molecular weight excluding hydrogens is 214 g/mol. The summed E-state index contributed by atoms with van der Waals surface area (Å²) in [5, 5.41) is 6.37. The quantitative estimate of drug-likeness (QED) is 0.795. The highest BCUT2D eigenvalue weighted by Gasteiger charge is 2.40. The van der Waals surface area contributed by atoms with Gasteiger partial charge >= 0.3 is 6.03 Å². The summed E-state index contributed by atoms with van der Waals surface area (Å²) in [5.74, 6) is 0. The van der Waals surface area contributed by atoms with E-state index in [2.05, 4.69) is 22.8 Å². The molecule has 2 aliphatic rings. The average molecular weight is 231 g/mol. The summed E-state index contributed by atoms with van der Waals surface area (Å²) in [5.41, 5.74) is 1.20. The van der Waals surface area contributed by atoms with Gasteiger partial charge in [-0.25, -0.2) is 4.79 Å². The number of urea groups is 1. The number of hydrogen-bond acceptors (Lipinski definition) is 2. The molecule has 2 heterocycles. The van der Waals surface area contributed by atoms with Crippen molar-refractivity contribution in [2.45, 2.75) is 25.0 Å². The van der Waals surface area contributed by atoms with Crippen LogP contribution in [0.3, 0.4) is 0 Å². The highest BCUT2D eigenvalue weighted by Crippen LogP contribution is 2.21. The van der Waals surface area contributed by atoms with Gasteiger partial charge in [0.05, 0.1) is 12.1 Å². The van der Waals surface area contributed by atoms with Gasteiger partial charge in [0, 0.05) is 13.1 Å². The molecule has 2 N–H and O–H groups in total. The largest absolute Gasteiger partial charge is 0.332 e. The Kier molecular flexibility index (Phi) is 2.73. The molecule has 0 saturated carbocycles. The first-order valence-electron chi connectivity index (χ1n) is 6.16. The minimum atomic E-state index is 0.0764. The lowest BCUT2D eigenvalue weighted by Gasteiger charge is -2.30. The van der Waals surface area contributed by atoms with Crippen LogP contribution in [0.15, 0.2) is 30.3 Å². The zero-order valence-corrected chi connectivity index (χ0v) is 9.73. The molecule has 0 unspecified atom stereocenters. The number of fused-ring (bicyclic) bond motifs is 1. The lowest BCUT2D eigenvalue weighted by molar-refractivity contribution is 0.189. The van der Waals surface area contributed by atoms with Crippen molar-refractivity contribution in [1.82, 2.24) is 15.5 Å². The van der Waals surface area contributed by atoms with Crippen LogP contribution in [0.4, 0.5) is 4.79 Å². The van der Waals surface area contributed by atoms with Crippen molar-refractivity contribution in [2.75, 3.05) is 13.1 Å². The van der Waals surface area contributed by atoms with E-state index in [1.807, 2.05) is 23.1 Å². The van der Waals surface area contributed by atoms with E-state index in [9.17, 15) is 4.79 Å². The maximum atomic E-state index is 11.9. The van der Waals surface area contributed by atoms with Crippen LogP contribution in [0.2, 0.25) is 0 Å². The Morgan fingerprint density at radius 2 is 2.12 bits per heavy atom. The average Bonchev–Trinajstić information content (AvgIpc) is 2.68. The van der Waals surface area contributed by atoms with Crippen LogP contribution in [0.1, 0.15) is 12.0 Å². The first-order chi connectivity index (χ1) is 8.34. The summed E-state index contributed by atoms with van der Waals surface area (Å²) < 4.78 is 0. The van der Waals surface area contributed by atoms with E-state index in [-0.39, 0.29) is 12.1 Å². The SMILES string of the molecule is O=C1N[C@H]2CNCC[C@H]2N1Cc1ccccc1. The molecule has 1 aromatic rings. The van der Waals surface area contributed by atoms with Crippen molar-refractivity contribution in [3.63, 3.8) is 0 Å². The summed E-state index contributed by atoms with van der Waals surface area (Å²) in [7, 11) is 0. The van der Waals surface area contributed by atoms with Crippen molar-refractivity contribution < 1.29 is 4.79 Å². The first-order valence-corrected chi connectivity index (χ1v) is 6.16. The van der Waals surface area contributed by atoms with Crippen molar-refractivity contribution in [2.24, 2.45) is 0 Å². The minimum Gasteiger partial charge on any atom is -0.332 e. The van der Waals surface area contributed by atoms with Crippen LogP contribution < -0.4 is 10.6 Å². The van der Waals surface area contributed by atoms with Gasteiger partial charge in [-0.1, -0.05) is 30.3 Å². The topological polar surface area (TPSA) is 44.4 Å². The molecule has 1 aromatic carbocycles. The second-order valence-corrected chi connectivity index (χ2v) is 4.73. The molecule has 0 bridgehead atoms. The molecule has 0 aliphatic carbocycles. The summed E-state index contributed by atoms with van der Waals surface area (Å²) in [4.78, 5) is 13.9. The number of benzene rings is 1. The molecule has 0 radical (unpaired) electrons. The third kappa shape index (κ3) is 2.00. The normalized spacial score (nSPS) is 27.8. The van der Waals surface area contributed by atoms with E-state index in [0.29, 0.717) is 12.6 Å². The summed E-state index contributed by atoms with van der Waals surface area (Å²) >= 11 is 0. The van der Waals surface area contributed by atoms with Crippen LogP contribution in [-0.4, -0.2) is 36.1 Å². The Labute approximate surface area is 101 Å². The molecule has 2 amide bonds. The predicted octanol–water partition coefficient (Wildman–Crippen LogP) is 0.942. The number of carbonyl (C=O) groups is 1. The van der Waals surface area contributed by atoms with Gasteiger partial charge < -0.3 is 15.5 Å². The van der Waals surface area contributed by atoms with E-state index in [1.165, 1.54) is 5.56 Å². The van der Waals surface area contributed by atoms with E-state index in [1.54, 1.807) is 0 Å². The highest BCUT2D eigenvalue weighted by molar-refractivity contribution is 5.77. The van der Waals surface area contributed by atoms with Crippen molar-refractivity contribution in [1.29, 1.82) is 0 Å². The van der Waals surface area contributed by atoms with Crippen molar-refractivity contribution >= 4 is 6.03 Å². The Bertz CT molecular complexity index is 406. The molecule has 90 valence electrons. The van der Waals surface area contributed by atoms with Gasteiger partial charge in [-0.15, -0.1) is 0 Å². The maximum absolute atomic E-state index is 11.9. The van der Waals surface area contributed by atoms with Crippen LogP contribution in [-0.2, 0) is 6.54 Å². The molecule has 2 atom stereocenters. The van der Waals surface area contributed by atoms with E-state index in [0.717, 1.165) is 19.5 Å². The van der Waals surface area contributed by atoms with Crippen molar-refractivity contribution in [3.8, 4) is 0 Å². The van der Waals surface area contributed by atoms with Gasteiger partial charge in [-0.05, 0) is 18.5 Å². The Morgan fingerprint density at radius 1 is 1.29 bits per heavy atom. The number of rotatable bonds is 2. The van der Waals surface area contributed by atoms with Crippen LogP contribution in [0.5, 0.6) is 0 Å². The molecule has 4 nitrogen and oxygen atoms in total. The van der Waals surface area contributed by atoms with Crippen LogP contribution in [0, 0.1) is 0 Å². The summed E-state index contributed by atoms with van der Waals surface area (Å²) in [6, 6.07) is 10.9. The predicted molar refractivity (Wildman–Crippen MR) is 65.6 cm³/mol. The first kappa shape index (κ1) is 10.6. The lowest BCUT2D eigenvalue weighted by atomic mass is 10.0. The van der Waals surface area contributed by atoms with E-state index in [4.69, 9.17) is 0 Å². The third-order valence-electron chi connectivity index (χ3n) is 3.61. The second kappa shape index (κ2) is 4.37. The standard InChI is InChI=1S/C13H17N3O/c17-13-15-11-8-14-7-6-12(11)16(13)9-10-4-2-1-3-5-10/h1-5,11-12,14H,6-9H2,(H,15,17)/t11-,12+/m0/s1. The molecule has 2 aliphatic heterocycles. The van der Waals surface area contributed by atoms with Gasteiger partial charge in [0.15, 0.2) is 0 Å². The molecule has 2 saturated heterocycles. The fraction of sp³-hybridized carbons (Fsp3) is 0.462. The zero-order valence-electron chi connectivity index (χ0n) is 9.73. The summed E-state index contributed by atoms with van der Waals surface area (Å²) in [6.45, 7) is 2.61. The zero-order chi connectivity index (χ0) is 11.7. The Morgan fingerprint density at radius 3 is 2.94 bits per heavy atom. The lowest BCUT2D eigenvalue weighted by Crippen LogP contribution is -2.49. The van der Waals surface area contributed by atoms with Gasteiger partial charge in [0.1, 0.15) is 0 Å². The number of nitrogens with zero attached hydrogens (tertiary/aromatic N) is 1. The van der Waals surface area contributed by atoms with Gasteiger partial charge in [-0.2, -0.15) is 0 Å². The number of amides is 2. The van der Waals surface area contributed by atoms with Gasteiger partial charge in [0.2, 0.25) is 0 Å². The fourth-order valence-corrected chi connectivity index (χ4v) is 2.73. The molecule has 0 spiro atoms. The van der Waals surface area contributed by atoms with E-state index < -0.39 is 0 Å². The molecule has 3 rings (SSSR count). The van der Waals surface area contributed by atoms with Gasteiger partial charge in [-0.3, -0.25) is 0 Å². The Balaban J connectivity index is 1.76. The molecular formula is C13H17N3O. The van der Waals surface area contributed by atoms with Crippen LogP contribution >= 0.6 is 0 Å². The molecule has 4 heteroatoms. The number of piperidine rings is 1. The number of hydrogen-bond donors (Lipinski definition) is 2. The Hall–Kier alpha value is -1.55.